The average molecular weight is 343 g/mol. The Labute approximate surface area is 146 Å². The Balaban J connectivity index is 2.48. The number of aromatic nitrogens is 2. The van der Waals surface area contributed by atoms with Crippen molar-refractivity contribution in [1.82, 2.24) is 9.55 Å². The molecule has 0 aliphatic carbocycles. The van der Waals surface area contributed by atoms with Gasteiger partial charge in [0, 0.05) is 30.1 Å². The minimum Gasteiger partial charge on any atom is -0.466 e. The van der Waals surface area contributed by atoms with Crippen molar-refractivity contribution < 1.29 is 13.9 Å². The summed E-state index contributed by atoms with van der Waals surface area (Å²) in [6.07, 6.45) is 6.98. The first-order chi connectivity index (χ1) is 12.0. The number of hydrogen-bond acceptors (Lipinski definition) is 4. The summed E-state index contributed by atoms with van der Waals surface area (Å²) in [5, 5.41) is 0. The summed E-state index contributed by atoms with van der Waals surface area (Å²) in [5.41, 5.74) is 2.27. The number of ether oxygens (including phenoxy) is 1. The number of hydrogen-bond donors (Lipinski definition) is 0. The van der Waals surface area contributed by atoms with Crippen LogP contribution in [0.25, 0.3) is 16.6 Å². The van der Waals surface area contributed by atoms with Gasteiger partial charge in [-0.1, -0.05) is 13.0 Å². The number of fused-ring (bicyclic) bond motifs is 1. The molecule has 0 fully saturated rings. The third-order valence-corrected chi connectivity index (χ3v) is 3.96. The summed E-state index contributed by atoms with van der Waals surface area (Å²) < 4.78 is 20.2. The normalized spacial score (nSPS) is 13.9. The molecule has 0 bridgehead atoms. The molecule has 132 valence electrons. The molecule has 0 aliphatic heterocycles. The Morgan fingerprint density at radius 3 is 2.88 bits per heavy atom. The molecule has 0 radical (unpaired) electrons. The Morgan fingerprint density at radius 2 is 2.24 bits per heavy atom. The van der Waals surface area contributed by atoms with Crippen molar-refractivity contribution in [1.29, 1.82) is 0 Å². The maximum absolute atomic E-state index is 13.7. The lowest BCUT2D eigenvalue weighted by Crippen LogP contribution is -2.08. The Kier molecular flexibility index (Phi) is 6.22. The summed E-state index contributed by atoms with van der Waals surface area (Å²) in [6.45, 7) is 6.02. The zero-order chi connectivity index (χ0) is 18.4. The molecule has 1 unspecified atom stereocenters. The number of imidazole rings is 1. The van der Waals surface area contributed by atoms with Crippen LogP contribution < -0.4 is 0 Å². The van der Waals surface area contributed by atoms with Gasteiger partial charge in [-0.25, -0.2) is 14.2 Å². The molecule has 6 heteroatoms. The lowest BCUT2D eigenvalue weighted by molar-refractivity contribution is -0.134. The molecule has 0 saturated heterocycles. The van der Waals surface area contributed by atoms with E-state index in [0.29, 0.717) is 5.82 Å². The Bertz CT molecular complexity index is 850. The van der Waals surface area contributed by atoms with E-state index < -0.39 is 5.97 Å². The van der Waals surface area contributed by atoms with Gasteiger partial charge in [-0.2, -0.15) is 0 Å². The predicted molar refractivity (Wildman–Crippen MR) is 98.0 cm³/mol. The van der Waals surface area contributed by atoms with E-state index in [1.807, 2.05) is 17.6 Å². The van der Waals surface area contributed by atoms with Crippen molar-refractivity contribution in [3.05, 3.63) is 48.2 Å². The number of methoxy groups -OCH3 is 1. The van der Waals surface area contributed by atoms with Gasteiger partial charge in [0.2, 0.25) is 0 Å². The molecule has 0 aliphatic rings. The van der Waals surface area contributed by atoms with E-state index in [4.69, 9.17) is 0 Å². The van der Waals surface area contributed by atoms with Crippen LogP contribution in [-0.4, -0.2) is 28.8 Å². The van der Waals surface area contributed by atoms with E-state index >= 15 is 0 Å². The summed E-state index contributed by atoms with van der Waals surface area (Å²) >= 11 is 0. The van der Waals surface area contributed by atoms with E-state index in [9.17, 15) is 9.18 Å². The lowest BCUT2D eigenvalue weighted by atomic mass is 10.2. The molecular weight excluding hydrogens is 321 g/mol. The topological polar surface area (TPSA) is 56.5 Å². The van der Waals surface area contributed by atoms with Crippen LogP contribution in [-0.2, 0) is 9.53 Å². The van der Waals surface area contributed by atoms with E-state index in [1.54, 1.807) is 12.3 Å². The second-order valence-corrected chi connectivity index (χ2v) is 5.56. The van der Waals surface area contributed by atoms with Crippen molar-refractivity contribution in [2.45, 2.75) is 33.2 Å². The van der Waals surface area contributed by atoms with Crippen molar-refractivity contribution in [2.24, 2.45) is 4.99 Å². The van der Waals surface area contributed by atoms with Gasteiger partial charge in [-0.3, -0.25) is 4.99 Å². The second-order valence-electron chi connectivity index (χ2n) is 5.56. The summed E-state index contributed by atoms with van der Waals surface area (Å²) in [7, 11) is 1.31. The number of carbonyl (C=O) groups is 1. The van der Waals surface area contributed by atoms with Gasteiger partial charge < -0.3 is 9.30 Å². The molecule has 1 heterocycles. The molecule has 0 amide bonds. The molecule has 2 rings (SSSR count). The number of aliphatic imine (C=N–C) groups is 1. The first kappa shape index (κ1) is 18.6. The highest BCUT2D eigenvalue weighted by Gasteiger charge is 2.17. The SMILES string of the molecule is C\C=C(/C=N/C=C/C(=O)OC)c1nc2ccc(F)cc2n1C(C)CC. The van der Waals surface area contributed by atoms with Gasteiger partial charge in [0.15, 0.2) is 0 Å². The highest BCUT2D eigenvalue weighted by molar-refractivity contribution is 6.09. The van der Waals surface area contributed by atoms with E-state index in [-0.39, 0.29) is 11.9 Å². The Morgan fingerprint density at radius 1 is 1.48 bits per heavy atom. The van der Waals surface area contributed by atoms with Crippen LogP contribution in [0.3, 0.4) is 0 Å². The third kappa shape index (κ3) is 4.21. The molecule has 0 saturated carbocycles. The number of allylic oxidation sites excluding steroid dienone is 2. The second kappa shape index (κ2) is 8.37. The molecule has 1 aromatic carbocycles. The minimum atomic E-state index is -0.471. The number of rotatable bonds is 6. The Hall–Kier alpha value is -2.76. The number of nitrogens with zero attached hydrogens (tertiary/aromatic N) is 3. The monoisotopic (exact) mass is 343 g/mol. The number of esters is 1. The molecule has 0 spiro atoms. The summed E-state index contributed by atoms with van der Waals surface area (Å²) in [5.74, 6) is -0.0469. The van der Waals surface area contributed by atoms with Gasteiger partial charge >= 0.3 is 5.97 Å². The van der Waals surface area contributed by atoms with Gasteiger partial charge in [0.25, 0.3) is 0 Å². The van der Waals surface area contributed by atoms with Crippen LogP contribution >= 0.6 is 0 Å². The van der Waals surface area contributed by atoms with Crippen LogP contribution in [0.1, 0.15) is 39.1 Å². The molecule has 0 N–H and O–H groups in total. The quantitative estimate of drug-likeness (QED) is 0.446. The van der Waals surface area contributed by atoms with Crippen LogP contribution in [0.5, 0.6) is 0 Å². The largest absolute Gasteiger partial charge is 0.466 e. The fourth-order valence-corrected chi connectivity index (χ4v) is 2.46. The zero-order valence-electron chi connectivity index (χ0n) is 14.9. The molecule has 2 aromatic rings. The van der Waals surface area contributed by atoms with Crippen LogP contribution in [0, 0.1) is 5.82 Å². The van der Waals surface area contributed by atoms with Gasteiger partial charge in [0.05, 0.1) is 18.1 Å². The van der Waals surface area contributed by atoms with Crippen molar-refractivity contribution >= 4 is 28.8 Å². The minimum absolute atomic E-state index is 0.149. The van der Waals surface area contributed by atoms with Gasteiger partial charge in [-0.05, 0) is 38.5 Å². The number of carbonyl (C=O) groups excluding carboxylic acids is 1. The lowest BCUT2D eigenvalue weighted by Gasteiger charge is -2.16. The van der Waals surface area contributed by atoms with Crippen LogP contribution in [0.2, 0.25) is 0 Å². The smallest absolute Gasteiger partial charge is 0.332 e. The van der Waals surface area contributed by atoms with Crippen LogP contribution in [0.4, 0.5) is 4.39 Å². The summed E-state index contributed by atoms with van der Waals surface area (Å²) in [4.78, 5) is 19.8. The summed E-state index contributed by atoms with van der Waals surface area (Å²) in [6, 6.07) is 4.73. The van der Waals surface area contributed by atoms with E-state index in [1.165, 1.54) is 31.5 Å². The first-order valence-corrected chi connectivity index (χ1v) is 8.13. The molecule has 1 atom stereocenters. The molecule has 25 heavy (non-hydrogen) atoms. The maximum atomic E-state index is 13.7. The molecule has 5 nitrogen and oxygen atoms in total. The fourth-order valence-electron chi connectivity index (χ4n) is 2.46. The van der Waals surface area contributed by atoms with Crippen molar-refractivity contribution in [3.8, 4) is 0 Å². The molecule has 1 aromatic heterocycles. The standard InChI is InChI=1S/C19H22FN3O2/c1-5-13(3)23-17-11-15(20)7-8-16(17)22-19(23)14(6-2)12-21-10-9-18(24)25-4/h6-13H,5H2,1-4H3/b10-9+,14-6+,21-12+. The number of benzene rings is 1. The average Bonchev–Trinajstić information content (AvgIpc) is 2.99. The van der Waals surface area contributed by atoms with E-state index in [0.717, 1.165) is 23.0 Å². The zero-order valence-corrected chi connectivity index (χ0v) is 14.9. The first-order valence-electron chi connectivity index (χ1n) is 8.13. The van der Waals surface area contributed by atoms with Crippen LogP contribution in [0.15, 0.2) is 41.5 Å². The van der Waals surface area contributed by atoms with E-state index in [2.05, 4.69) is 28.6 Å². The fraction of sp³-hybridized carbons (Fsp3) is 0.316. The number of halogens is 1. The highest BCUT2D eigenvalue weighted by Crippen LogP contribution is 2.27. The van der Waals surface area contributed by atoms with Gasteiger partial charge in [0.1, 0.15) is 11.6 Å². The maximum Gasteiger partial charge on any atom is 0.332 e. The molecular formula is C19H22FN3O2. The predicted octanol–water partition coefficient (Wildman–Crippen LogP) is 4.31. The van der Waals surface area contributed by atoms with Crippen molar-refractivity contribution in [2.75, 3.05) is 7.11 Å². The highest BCUT2D eigenvalue weighted by atomic mass is 19.1. The van der Waals surface area contributed by atoms with Gasteiger partial charge in [-0.15, -0.1) is 0 Å². The van der Waals surface area contributed by atoms with Crippen molar-refractivity contribution in [3.63, 3.8) is 0 Å². The third-order valence-electron chi connectivity index (χ3n) is 3.96.